The zero-order valence-electron chi connectivity index (χ0n) is 17.7. The highest BCUT2D eigenvalue weighted by molar-refractivity contribution is 5.90. The van der Waals surface area contributed by atoms with Crippen LogP contribution in [0.2, 0.25) is 0 Å². The highest BCUT2D eigenvalue weighted by Gasteiger charge is 2.44. The highest BCUT2D eigenvalue weighted by atomic mass is 16.6. The number of likely N-dealkylation sites (N-methyl/N-ethyl adjacent to an activating group) is 1. The van der Waals surface area contributed by atoms with E-state index in [4.69, 9.17) is 9.47 Å². The summed E-state index contributed by atoms with van der Waals surface area (Å²) in [4.78, 5) is 40.4. The number of likely N-dealkylation sites (tertiary alicyclic amines) is 1. The molecule has 1 rings (SSSR count). The van der Waals surface area contributed by atoms with Gasteiger partial charge in [-0.05, 0) is 32.6 Å². The zero-order valence-corrected chi connectivity index (χ0v) is 17.7. The summed E-state index contributed by atoms with van der Waals surface area (Å²) in [5.74, 6) is -0.973. The zero-order chi connectivity index (χ0) is 21.2. The van der Waals surface area contributed by atoms with Gasteiger partial charge in [-0.15, -0.1) is 0 Å². The Morgan fingerprint density at radius 1 is 1.19 bits per heavy atom. The van der Waals surface area contributed by atoms with Gasteiger partial charge in [0, 0.05) is 20.0 Å². The molecule has 1 N–H and O–H groups in total. The standard InChI is InChI=1S/C19H34N2O6/c1-18(2,3)10-14(20(7)17(25)27-19(4,5)6)15(23)21-11-12(22)9-13(21)16(24)26-8/h12-14,22H,9-11H2,1-8H3/t12-,13+,14?/m1/s1. The number of carbonyl (C=O) groups excluding carboxylic acids is 3. The van der Waals surface area contributed by atoms with Crippen LogP contribution in [-0.4, -0.2) is 77.4 Å². The predicted molar refractivity (Wildman–Crippen MR) is 100.0 cm³/mol. The molecule has 1 aliphatic rings. The van der Waals surface area contributed by atoms with Crippen molar-refractivity contribution in [1.29, 1.82) is 0 Å². The van der Waals surface area contributed by atoms with Gasteiger partial charge in [0.1, 0.15) is 17.7 Å². The fourth-order valence-corrected chi connectivity index (χ4v) is 3.04. The van der Waals surface area contributed by atoms with Crippen LogP contribution < -0.4 is 0 Å². The van der Waals surface area contributed by atoms with Gasteiger partial charge in [-0.2, -0.15) is 0 Å². The number of aliphatic hydroxyl groups is 1. The van der Waals surface area contributed by atoms with Crippen molar-refractivity contribution in [1.82, 2.24) is 9.80 Å². The second-order valence-electron chi connectivity index (χ2n) is 9.29. The number of aliphatic hydroxyl groups excluding tert-OH is 1. The second-order valence-corrected chi connectivity index (χ2v) is 9.29. The van der Waals surface area contributed by atoms with Crippen molar-refractivity contribution < 1.29 is 29.0 Å². The number of amides is 2. The van der Waals surface area contributed by atoms with E-state index in [0.29, 0.717) is 6.42 Å². The van der Waals surface area contributed by atoms with Gasteiger partial charge >= 0.3 is 12.1 Å². The van der Waals surface area contributed by atoms with Gasteiger partial charge in [0.15, 0.2) is 0 Å². The Kier molecular flexibility index (Phi) is 7.27. The minimum atomic E-state index is -0.855. The third-order valence-electron chi connectivity index (χ3n) is 4.28. The van der Waals surface area contributed by atoms with Gasteiger partial charge in [-0.25, -0.2) is 9.59 Å². The maximum Gasteiger partial charge on any atom is 0.410 e. The van der Waals surface area contributed by atoms with E-state index in [-0.39, 0.29) is 18.4 Å². The molecule has 2 amide bonds. The number of hydrogen-bond acceptors (Lipinski definition) is 6. The topological polar surface area (TPSA) is 96.4 Å². The molecule has 8 nitrogen and oxygen atoms in total. The van der Waals surface area contributed by atoms with Crippen LogP contribution in [0.25, 0.3) is 0 Å². The lowest BCUT2D eigenvalue weighted by Crippen LogP contribution is -2.54. The molecule has 1 heterocycles. The fourth-order valence-electron chi connectivity index (χ4n) is 3.04. The smallest absolute Gasteiger partial charge is 0.410 e. The van der Waals surface area contributed by atoms with Crippen LogP contribution in [0.5, 0.6) is 0 Å². The third kappa shape index (κ3) is 6.68. The number of rotatable bonds is 4. The van der Waals surface area contributed by atoms with E-state index in [1.165, 1.54) is 24.0 Å². The molecule has 27 heavy (non-hydrogen) atoms. The summed E-state index contributed by atoms with van der Waals surface area (Å²) in [6, 6.07) is -1.68. The maximum atomic E-state index is 13.3. The molecular formula is C19H34N2O6. The van der Waals surface area contributed by atoms with Crippen molar-refractivity contribution in [2.45, 2.75) is 78.2 Å². The lowest BCUT2D eigenvalue weighted by atomic mass is 9.87. The van der Waals surface area contributed by atoms with Gasteiger partial charge < -0.3 is 19.5 Å². The van der Waals surface area contributed by atoms with E-state index in [1.807, 2.05) is 20.8 Å². The summed E-state index contributed by atoms with van der Waals surface area (Å²) in [5, 5.41) is 9.97. The number of hydrogen-bond donors (Lipinski definition) is 1. The molecule has 0 aromatic carbocycles. The molecule has 3 atom stereocenters. The highest BCUT2D eigenvalue weighted by Crippen LogP contribution is 2.28. The number of β-amino-alcohol motifs (C(OH)–C–C–N with tert-alkyl or cyclic N) is 1. The average molecular weight is 386 g/mol. The summed E-state index contributed by atoms with van der Waals surface area (Å²) >= 11 is 0. The first-order chi connectivity index (χ1) is 12.2. The molecule has 1 saturated heterocycles. The second kappa shape index (κ2) is 8.46. The Labute approximate surface area is 161 Å². The first-order valence-corrected chi connectivity index (χ1v) is 9.18. The summed E-state index contributed by atoms with van der Waals surface area (Å²) in [6.07, 6.45) is -0.918. The van der Waals surface area contributed by atoms with E-state index in [2.05, 4.69) is 0 Å². The molecule has 156 valence electrons. The summed E-state index contributed by atoms with van der Waals surface area (Å²) in [7, 11) is 2.76. The summed E-state index contributed by atoms with van der Waals surface area (Å²) in [5.41, 5.74) is -0.950. The first kappa shape index (κ1) is 23.2. The molecular weight excluding hydrogens is 352 g/mol. The minimum Gasteiger partial charge on any atom is -0.467 e. The summed E-state index contributed by atoms with van der Waals surface area (Å²) < 4.78 is 10.2. The monoisotopic (exact) mass is 386 g/mol. The molecule has 0 bridgehead atoms. The van der Waals surface area contributed by atoms with Crippen molar-refractivity contribution in [3.63, 3.8) is 0 Å². The molecule has 0 spiro atoms. The molecule has 0 aliphatic carbocycles. The van der Waals surface area contributed by atoms with Crippen LogP contribution in [-0.2, 0) is 19.1 Å². The van der Waals surface area contributed by atoms with Crippen LogP contribution in [0.15, 0.2) is 0 Å². The van der Waals surface area contributed by atoms with Crippen LogP contribution in [0, 0.1) is 5.41 Å². The molecule has 0 aromatic rings. The quantitative estimate of drug-likeness (QED) is 0.740. The van der Waals surface area contributed by atoms with Crippen molar-refractivity contribution >= 4 is 18.0 Å². The Morgan fingerprint density at radius 3 is 2.19 bits per heavy atom. The molecule has 1 fully saturated rings. The molecule has 1 aliphatic heterocycles. The average Bonchev–Trinajstić information content (AvgIpc) is 2.89. The number of esters is 1. The summed E-state index contributed by atoms with van der Waals surface area (Å²) in [6.45, 7) is 11.2. The van der Waals surface area contributed by atoms with Crippen molar-refractivity contribution in [2.75, 3.05) is 20.7 Å². The third-order valence-corrected chi connectivity index (χ3v) is 4.28. The van der Waals surface area contributed by atoms with Crippen molar-refractivity contribution in [2.24, 2.45) is 5.41 Å². The number of ether oxygens (including phenoxy) is 2. The van der Waals surface area contributed by atoms with Gasteiger partial charge in [0.05, 0.1) is 13.2 Å². The van der Waals surface area contributed by atoms with Crippen LogP contribution in [0.1, 0.15) is 54.4 Å². The Morgan fingerprint density at radius 2 is 1.74 bits per heavy atom. The predicted octanol–water partition coefficient (Wildman–Crippen LogP) is 1.79. The lowest BCUT2D eigenvalue weighted by molar-refractivity contribution is -0.153. The first-order valence-electron chi connectivity index (χ1n) is 9.18. The number of methoxy groups -OCH3 is 1. The van der Waals surface area contributed by atoms with Gasteiger partial charge in [-0.1, -0.05) is 20.8 Å². The van der Waals surface area contributed by atoms with Gasteiger partial charge in [0.25, 0.3) is 0 Å². The van der Waals surface area contributed by atoms with E-state index >= 15 is 0 Å². The van der Waals surface area contributed by atoms with E-state index in [1.54, 1.807) is 20.8 Å². The molecule has 8 heteroatoms. The SMILES string of the molecule is COC(=O)[C@@H]1C[C@@H](O)CN1C(=O)C(CC(C)(C)C)N(C)C(=O)OC(C)(C)C. The van der Waals surface area contributed by atoms with Gasteiger partial charge in [0.2, 0.25) is 5.91 Å². The number of nitrogens with zero attached hydrogens (tertiary/aromatic N) is 2. The largest absolute Gasteiger partial charge is 0.467 e. The Hall–Kier alpha value is -1.83. The normalized spacial score (nSPS) is 21.6. The minimum absolute atomic E-state index is 0.0292. The lowest BCUT2D eigenvalue weighted by Gasteiger charge is -2.36. The number of carbonyl (C=O) groups is 3. The van der Waals surface area contributed by atoms with E-state index < -0.39 is 41.8 Å². The van der Waals surface area contributed by atoms with Crippen LogP contribution in [0.3, 0.4) is 0 Å². The van der Waals surface area contributed by atoms with E-state index in [0.717, 1.165) is 0 Å². The van der Waals surface area contributed by atoms with Crippen LogP contribution in [0.4, 0.5) is 4.79 Å². The Balaban J connectivity index is 3.13. The van der Waals surface area contributed by atoms with Crippen molar-refractivity contribution in [3.05, 3.63) is 0 Å². The van der Waals surface area contributed by atoms with Gasteiger partial charge in [-0.3, -0.25) is 9.69 Å². The van der Waals surface area contributed by atoms with E-state index in [9.17, 15) is 19.5 Å². The molecule has 0 radical (unpaired) electrons. The fraction of sp³-hybridized carbons (Fsp3) is 0.842. The van der Waals surface area contributed by atoms with Crippen molar-refractivity contribution in [3.8, 4) is 0 Å². The molecule has 0 aromatic heterocycles. The molecule has 0 saturated carbocycles. The maximum absolute atomic E-state index is 13.3. The molecule has 1 unspecified atom stereocenters. The Bertz CT molecular complexity index is 564. The van der Waals surface area contributed by atoms with Crippen LogP contribution >= 0.6 is 0 Å².